The minimum atomic E-state index is -0.105. The van der Waals surface area contributed by atoms with Gasteiger partial charge in [0.15, 0.2) is 0 Å². The Kier molecular flexibility index (Phi) is 5.61. The van der Waals surface area contributed by atoms with E-state index >= 15 is 0 Å². The molecule has 1 aromatic rings. The minimum Gasteiger partial charge on any atom is -0.394 e. The van der Waals surface area contributed by atoms with Crippen LogP contribution in [0.15, 0.2) is 24.3 Å². The number of aliphatic hydroxyl groups is 1. The topological polar surface area (TPSA) is 55.8 Å². The summed E-state index contributed by atoms with van der Waals surface area (Å²) in [5.41, 5.74) is 2.04. The first kappa shape index (κ1) is 17.1. The number of anilines is 2. The Bertz CT molecular complexity index is 540. The summed E-state index contributed by atoms with van der Waals surface area (Å²) >= 11 is 0. The van der Waals surface area contributed by atoms with Crippen molar-refractivity contribution >= 4 is 17.4 Å². The van der Waals surface area contributed by atoms with Gasteiger partial charge in [-0.05, 0) is 62.3 Å². The van der Waals surface area contributed by atoms with Crippen LogP contribution in [0.25, 0.3) is 0 Å². The van der Waals surface area contributed by atoms with Gasteiger partial charge in [-0.1, -0.05) is 6.92 Å². The highest BCUT2D eigenvalue weighted by molar-refractivity contribution is 5.89. The zero-order valence-corrected chi connectivity index (χ0v) is 14.6. The van der Waals surface area contributed by atoms with E-state index in [0.717, 1.165) is 31.6 Å². The molecule has 2 N–H and O–H groups in total. The van der Waals surface area contributed by atoms with Crippen LogP contribution in [0.3, 0.4) is 0 Å². The number of carbonyl (C=O) groups excluding carboxylic acids is 1. The first-order chi connectivity index (χ1) is 11.7. The number of carbonyl (C=O) groups is 1. The van der Waals surface area contributed by atoms with Gasteiger partial charge in [-0.2, -0.15) is 0 Å². The first-order valence-electron chi connectivity index (χ1n) is 9.22. The van der Waals surface area contributed by atoms with Crippen LogP contribution in [0.2, 0.25) is 0 Å². The van der Waals surface area contributed by atoms with Crippen LogP contribution in [0.5, 0.6) is 0 Å². The molecule has 0 radical (unpaired) electrons. The van der Waals surface area contributed by atoms with Crippen molar-refractivity contribution in [1.82, 2.24) is 4.90 Å². The molecule has 2 aliphatic heterocycles. The number of hydrogen-bond acceptors (Lipinski definition) is 3. The fourth-order valence-electron chi connectivity index (χ4n) is 3.88. The molecule has 0 bridgehead atoms. The number of rotatable bonds is 3. The predicted molar refractivity (Wildman–Crippen MR) is 97.5 cm³/mol. The van der Waals surface area contributed by atoms with Crippen molar-refractivity contribution in [2.75, 3.05) is 36.5 Å². The van der Waals surface area contributed by atoms with Gasteiger partial charge in [0, 0.05) is 31.0 Å². The van der Waals surface area contributed by atoms with Crippen LogP contribution in [-0.2, 0) is 0 Å². The number of nitrogens with one attached hydrogen (secondary N) is 1. The van der Waals surface area contributed by atoms with Gasteiger partial charge in [-0.15, -0.1) is 0 Å². The quantitative estimate of drug-likeness (QED) is 0.893. The molecular formula is C19H29N3O2. The van der Waals surface area contributed by atoms with E-state index in [1.54, 1.807) is 4.90 Å². The maximum Gasteiger partial charge on any atom is 0.322 e. The van der Waals surface area contributed by atoms with Gasteiger partial charge in [0.25, 0.3) is 0 Å². The Hall–Kier alpha value is -1.75. The average molecular weight is 331 g/mol. The summed E-state index contributed by atoms with van der Waals surface area (Å²) in [7, 11) is 0. The SMILES string of the molecule is CC1CCCN(C(=O)Nc2ccc(N3CCCCC3)cc2)C1CO. The van der Waals surface area contributed by atoms with Crippen molar-refractivity contribution in [1.29, 1.82) is 0 Å². The molecule has 3 rings (SSSR count). The second kappa shape index (κ2) is 7.88. The lowest BCUT2D eigenvalue weighted by Crippen LogP contribution is -2.51. The van der Waals surface area contributed by atoms with E-state index in [-0.39, 0.29) is 18.7 Å². The lowest BCUT2D eigenvalue weighted by Gasteiger charge is -2.38. The van der Waals surface area contributed by atoms with E-state index in [2.05, 4.69) is 29.3 Å². The van der Waals surface area contributed by atoms with Crippen molar-refractivity contribution in [2.24, 2.45) is 5.92 Å². The third kappa shape index (κ3) is 3.83. The fourth-order valence-corrected chi connectivity index (χ4v) is 3.88. The summed E-state index contributed by atoms with van der Waals surface area (Å²) in [6, 6.07) is 7.94. The number of aliphatic hydroxyl groups excluding tert-OH is 1. The molecule has 0 spiro atoms. The Morgan fingerprint density at radius 2 is 1.83 bits per heavy atom. The monoisotopic (exact) mass is 331 g/mol. The molecule has 24 heavy (non-hydrogen) atoms. The van der Waals surface area contributed by atoms with Crippen molar-refractivity contribution in [2.45, 2.75) is 45.1 Å². The summed E-state index contributed by atoms with van der Waals surface area (Å²) < 4.78 is 0. The summed E-state index contributed by atoms with van der Waals surface area (Å²) in [5, 5.41) is 12.6. The molecule has 0 saturated carbocycles. The van der Waals surface area contributed by atoms with E-state index in [1.165, 1.54) is 24.9 Å². The lowest BCUT2D eigenvalue weighted by atomic mass is 9.91. The number of nitrogens with zero attached hydrogens (tertiary/aromatic N) is 2. The summed E-state index contributed by atoms with van der Waals surface area (Å²) in [5.74, 6) is 0.343. The highest BCUT2D eigenvalue weighted by Gasteiger charge is 2.31. The number of amides is 2. The number of hydrogen-bond donors (Lipinski definition) is 2. The predicted octanol–water partition coefficient (Wildman–Crippen LogP) is 3.30. The number of piperidine rings is 2. The summed E-state index contributed by atoms with van der Waals surface area (Å²) in [4.78, 5) is 16.8. The summed E-state index contributed by atoms with van der Waals surface area (Å²) in [6.07, 6.45) is 5.91. The molecule has 132 valence electrons. The largest absolute Gasteiger partial charge is 0.394 e. The molecule has 2 aliphatic rings. The Morgan fingerprint density at radius 1 is 1.12 bits per heavy atom. The Balaban J connectivity index is 1.61. The second-order valence-corrected chi connectivity index (χ2v) is 7.09. The van der Waals surface area contributed by atoms with Crippen LogP contribution < -0.4 is 10.2 Å². The number of likely N-dealkylation sites (tertiary alicyclic amines) is 1. The van der Waals surface area contributed by atoms with Crippen LogP contribution >= 0.6 is 0 Å². The second-order valence-electron chi connectivity index (χ2n) is 7.09. The Morgan fingerprint density at radius 3 is 2.50 bits per heavy atom. The average Bonchev–Trinajstić information content (AvgIpc) is 2.63. The molecule has 2 saturated heterocycles. The third-order valence-electron chi connectivity index (χ3n) is 5.40. The van der Waals surface area contributed by atoms with E-state index in [0.29, 0.717) is 12.5 Å². The van der Waals surface area contributed by atoms with Gasteiger partial charge in [0.2, 0.25) is 0 Å². The molecule has 2 heterocycles. The van der Waals surface area contributed by atoms with Gasteiger partial charge < -0.3 is 20.2 Å². The van der Waals surface area contributed by atoms with Gasteiger partial charge in [0.1, 0.15) is 0 Å². The maximum absolute atomic E-state index is 12.6. The first-order valence-corrected chi connectivity index (χ1v) is 9.22. The molecule has 0 aliphatic carbocycles. The highest BCUT2D eigenvalue weighted by Crippen LogP contribution is 2.25. The zero-order valence-electron chi connectivity index (χ0n) is 14.6. The number of urea groups is 1. The molecule has 2 atom stereocenters. The van der Waals surface area contributed by atoms with E-state index in [4.69, 9.17) is 0 Å². The molecule has 0 aromatic heterocycles. The molecule has 5 nitrogen and oxygen atoms in total. The highest BCUT2D eigenvalue weighted by atomic mass is 16.3. The number of benzene rings is 1. The van der Waals surface area contributed by atoms with Crippen molar-refractivity contribution in [3.63, 3.8) is 0 Å². The van der Waals surface area contributed by atoms with Gasteiger partial charge in [-0.3, -0.25) is 0 Å². The smallest absolute Gasteiger partial charge is 0.322 e. The standard InChI is InChI=1S/C19H29N3O2/c1-15-6-5-13-22(18(15)14-23)19(24)20-16-7-9-17(10-8-16)21-11-3-2-4-12-21/h7-10,15,18,23H,2-6,11-14H2,1H3,(H,20,24). The summed E-state index contributed by atoms with van der Waals surface area (Å²) in [6.45, 7) is 5.09. The molecular weight excluding hydrogens is 302 g/mol. The molecule has 1 aromatic carbocycles. The van der Waals surface area contributed by atoms with Crippen LogP contribution in [0.1, 0.15) is 39.0 Å². The third-order valence-corrected chi connectivity index (χ3v) is 5.40. The van der Waals surface area contributed by atoms with Crippen molar-refractivity contribution < 1.29 is 9.90 Å². The molecule has 2 amide bonds. The molecule has 2 fully saturated rings. The van der Waals surface area contributed by atoms with Crippen molar-refractivity contribution in [3.05, 3.63) is 24.3 Å². The molecule has 5 heteroatoms. The van der Waals surface area contributed by atoms with E-state index in [1.807, 2.05) is 12.1 Å². The fraction of sp³-hybridized carbons (Fsp3) is 0.632. The van der Waals surface area contributed by atoms with E-state index < -0.39 is 0 Å². The maximum atomic E-state index is 12.6. The Labute approximate surface area is 144 Å². The van der Waals surface area contributed by atoms with Gasteiger partial charge in [0.05, 0.1) is 12.6 Å². The van der Waals surface area contributed by atoms with Crippen molar-refractivity contribution in [3.8, 4) is 0 Å². The molecule has 2 unspecified atom stereocenters. The van der Waals surface area contributed by atoms with Crippen LogP contribution in [-0.4, -0.2) is 48.3 Å². The van der Waals surface area contributed by atoms with Gasteiger partial charge in [-0.25, -0.2) is 4.79 Å². The minimum absolute atomic E-state index is 0.0302. The van der Waals surface area contributed by atoms with Crippen LogP contribution in [0, 0.1) is 5.92 Å². The van der Waals surface area contributed by atoms with Crippen LogP contribution in [0.4, 0.5) is 16.2 Å². The van der Waals surface area contributed by atoms with E-state index in [9.17, 15) is 9.90 Å². The van der Waals surface area contributed by atoms with Gasteiger partial charge >= 0.3 is 6.03 Å². The lowest BCUT2D eigenvalue weighted by molar-refractivity contribution is 0.0811. The normalized spacial score (nSPS) is 24.8. The zero-order chi connectivity index (χ0) is 16.9.